The molecule has 4 aromatic rings. The van der Waals surface area contributed by atoms with Gasteiger partial charge in [0.1, 0.15) is 5.75 Å². The molecule has 0 saturated heterocycles. The third-order valence-electron chi connectivity index (χ3n) is 4.91. The van der Waals surface area contributed by atoms with Crippen LogP contribution in [0.2, 0.25) is 5.02 Å². The number of imidazole rings is 1. The van der Waals surface area contributed by atoms with Crippen molar-refractivity contribution in [1.82, 2.24) is 9.13 Å². The lowest BCUT2D eigenvalue weighted by atomic mass is 10.1. The summed E-state index contributed by atoms with van der Waals surface area (Å²) in [7, 11) is 2.93. The first-order chi connectivity index (χ1) is 14.5. The number of carbonyl (C=O) groups excluding carboxylic acids is 1. The normalized spacial score (nSPS) is 10.9. The van der Waals surface area contributed by atoms with E-state index in [0.29, 0.717) is 34.1 Å². The molecular weight excluding hydrogens is 404 g/mol. The second-order valence-electron chi connectivity index (χ2n) is 6.73. The minimum atomic E-state index is -0.420. The molecule has 0 spiro atoms. The van der Waals surface area contributed by atoms with Crippen molar-refractivity contribution >= 4 is 28.6 Å². The highest BCUT2D eigenvalue weighted by Crippen LogP contribution is 2.24. The number of ether oxygens (including phenoxy) is 2. The van der Waals surface area contributed by atoms with Gasteiger partial charge in [-0.1, -0.05) is 23.7 Å². The monoisotopic (exact) mass is 422 g/mol. The van der Waals surface area contributed by atoms with E-state index in [-0.39, 0.29) is 5.69 Å². The van der Waals surface area contributed by atoms with Crippen LogP contribution in [0.1, 0.15) is 15.9 Å². The van der Waals surface area contributed by atoms with E-state index in [9.17, 15) is 9.59 Å². The fourth-order valence-corrected chi connectivity index (χ4v) is 3.63. The van der Waals surface area contributed by atoms with Crippen LogP contribution < -0.4 is 10.4 Å². The third kappa shape index (κ3) is 3.57. The van der Waals surface area contributed by atoms with Gasteiger partial charge >= 0.3 is 11.7 Å². The van der Waals surface area contributed by atoms with E-state index in [2.05, 4.69) is 0 Å². The minimum absolute atomic E-state index is 0.207. The number of methoxy groups -OCH3 is 2. The first kappa shape index (κ1) is 19.8. The Bertz CT molecular complexity index is 1290. The minimum Gasteiger partial charge on any atom is -0.497 e. The average Bonchev–Trinajstić information content (AvgIpc) is 3.04. The molecule has 0 radical (unpaired) electrons. The van der Waals surface area contributed by atoms with Crippen molar-refractivity contribution in [3.63, 3.8) is 0 Å². The highest BCUT2D eigenvalue weighted by atomic mass is 35.5. The van der Waals surface area contributed by atoms with Gasteiger partial charge in [-0.15, -0.1) is 0 Å². The van der Waals surface area contributed by atoms with Crippen LogP contribution in [0.5, 0.6) is 5.75 Å². The van der Waals surface area contributed by atoms with E-state index < -0.39 is 5.97 Å². The predicted octanol–water partition coefficient (Wildman–Crippen LogP) is 4.29. The third-order valence-corrected chi connectivity index (χ3v) is 5.15. The predicted molar refractivity (Wildman–Crippen MR) is 116 cm³/mol. The maximum atomic E-state index is 13.4. The van der Waals surface area contributed by atoms with Crippen LogP contribution in [0.15, 0.2) is 71.5 Å². The topological polar surface area (TPSA) is 62.5 Å². The fourth-order valence-electron chi connectivity index (χ4n) is 3.46. The van der Waals surface area contributed by atoms with E-state index in [1.165, 1.54) is 7.11 Å². The second kappa shape index (κ2) is 8.08. The maximum absolute atomic E-state index is 13.4. The van der Waals surface area contributed by atoms with Crippen molar-refractivity contribution in [1.29, 1.82) is 0 Å². The Morgan fingerprint density at radius 3 is 2.43 bits per heavy atom. The largest absolute Gasteiger partial charge is 0.497 e. The van der Waals surface area contributed by atoms with Crippen molar-refractivity contribution in [2.75, 3.05) is 14.2 Å². The molecular formula is C23H19ClN2O4. The average molecular weight is 423 g/mol. The summed E-state index contributed by atoms with van der Waals surface area (Å²) in [6.07, 6.45) is 0. The number of hydrogen-bond acceptors (Lipinski definition) is 4. The number of fused-ring (bicyclic) bond motifs is 1. The number of rotatable bonds is 5. The molecule has 0 unspecified atom stereocenters. The summed E-state index contributed by atoms with van der Waals surface area (Å²) in [4.78, 5) is 25.3. The Labute approximate surface area is 177 Å². The van der Waals surface area contributed by atoms with Gasteiger partial charge in [-0.25, -0.2) is 9.59 Å². The molecule has 0 aliphatic carbocycles. The highest BCUT2D eigenvalue weighted by molar-refractivity contribution is 6.31. The molecule has 0 atom stereocenters. The van der Waals surface area contributed by atoms with Gasteiger partial charge in [0.25, 0.3) is 0 Å². The molecule has 0 amide bonds. The molecule has 0 aliphatic rings. The van der Waals surface area contributed by atoms with Crippen LogP contribution in [0.4, 0.5) is 0 Å². The Morgan fingerprint density at radius 2 is 1.73 bits per heavy atom. The van der Waals surface area contributed by atoms with Gasteiger partial charge in [-0.3, -0.25) is 9.13 Å². The molecule has 0 saturated carbocycles. The van der Waals surface area contributed by atoms with Crippen molar-refractivity contribution in [2.24, 2.45) is 0 Å². The summed E-state index contributed by atoms with van der Waals surface area (Å²) in [5.74, 6) is 0.282. The van der Waals surface area contributed by atoms with E-state index in [1.54, 1.807) is 58.7 Å². The smallest absolute Gasteiger partial charge is 0.337 e. The van der Waals surface area contributed by atoms with Gasteiger partial charge in [-0.05, 0) is 60.2 Å². The SMILES string of the molecule is COC(=O)c1cccc(Cn2c(=O)n(-c3ccc(OC)cc3)c3cc(Cl)ccc32)c1. The zero-order valence-electron chi connectivity index (χ0n) is 16.5. The molecule has 1 heterocycles. The fraction of sp³-hybridized carbons (Fsp3) is 0.130. The van der Waals surface area contributed by atoms with Gasteiger partial charge < -0.3 is 9.47 Å². The Hall–Kier alpha value is -3.51. The van der Waals surface area contributed by atoms with E-state index in [4.69, 9.17) is 21.1 Å². The van der Waals surface area contributed by atoms with Gasteiger partial charge in [-0.2, -0.15) is 0 Å². The quantitative estimate of drug-likeness (QED) is 0.450. The number of carbonyl (C=O) groups is 1. The summed E-state index contributed by atoms with van der Waals surface area (Å²) >= 11 is 6.22. The summed E-state index contributed by atoms with van der Waals surface area (Å²) in [5.41, 5.74) is 3.18. The van der Waals surface area contributed by atoms with E-state index in [1.807, 2.05) is 24.3 Å². The van der Waals surface area contributed by atoms with Gasteiger partial charge in [0.2, 0.25) is 0 Å². The Kier molecular flexibility index (Phi) is 5.33. The number of benzene rings is 3. The van der Waals surface area contributed by atoms with Crippen molar-refractivity contribution in [3.05, 3.63) is 93.4 Å². The van der Waals surface area contributed by atoms with Crippen molar-refractivity contribution in [3.8, 4) is 11.4 Å². The van der Waals surface area contributed by atoms with Crippen molar-refractivity contribution < 1.29 is 14.3 Å². The summed E-state index contributed by atoms with van der Waals surface area (Å²) in [5, 5.41) is 0.537. The maximum Gasteiger partial charge on any atom is 0.337 e. The standard InChI is InChI=1S/C23H19ClN2O4/c1-29-19-9-7-18(8-10-19)26-21-13-17(24)6-11-20(21)25(23(26)28)14-15-4-3-5-16(12-15)22(27)30-2/h3-13H,14H2,1-2H3. The van der Waals surface area contributed by atoms with Crippen LogP contribution in [0, 0.1) is 0 Å². The Morgan fingerprint density at radius 1 is 0.967 bits per heavy atom. The number of aromatic nitrogens is 2. The molecule has 0 aliphatic heterocycles. The lowest BCUT2D eigenvalue weighted by Gasteiger charge is -2.06. The van der Waals surface area contributed by atoms with E-state index in [0.717, 1.165) is 11.1 Å². The first-order valence-corrected chi connectivity index (χ1v) is 9.62. The first-order valence-electron chi connectivity index (χ1n) is 9.24. The van der Waals surface area contributed by atoms with Crippen LogP contribution in [-0.2, 0) is 11.3 Å². The number of nitrogens with zero attached hydrogens (tertiary/aromatic N) is 2. The molecule has 4 rings (SSSR count). The van der Waals surface area contributed by atoms with Gasteiger partial charge in [0, 0.05) is 5.02 Å². The molecule has 0 N–H and O–H groups in total. The van der Waals surface area contributed by atoms with Crippen LogP contribution in [0.3, 0.4) is 0 Å². The lowest BCUT2D eigenvalue weighted by Crippen LogP contribution is -2.23. The zero-order valence-corrected chi connectivity index (χ0v) is 17.2. The van der Waals surface area contributed by atoms with Crippen LogP contribution >= 0.6 is 11.6 Å². The number of halogens is 1. The molecule has 0 bridgehead atoms. The van der Waals surface area contributed by atoms with E-state index >= 15 is 0 Å². The molecule has 30 heavy (non-hydrogen) atoms. The highest BCUT2D eigenvalue weighted by Gasteiger charge is 2.16. The number of hydrogen-bond donors (Lipinski definition) is 0. The molecule has 3 aromatic carbocycles. The molecule has 6 nitrogen and oxygen atoms in total. The molecule has 0 fully saturated rings. The van der Waals surface area contributed by atoms with Crippen molar-refractivity contribution in [2.45, 2.75) is 6.54 Å². The van der Waals surface area contributed by atoms with Gasteiger partial charge in [0.05, 0.1) is 43.0 Å². The van der Waals surface area contributed by atoms with Gasteiger partial charge in [0.15, 0.2) is 0 Å². The number of esters is 1. The van der Waals surface area contributed by atoms with Crippen LogP contribution in [0.25, 0.3) is 16.7 Å². The molecule has 152 valence electrons. The summed E-state index contributed by atoms with van der Waals surface area (Å²) < 4.78 is 13.3. The second-order valence-corrected chi connectivity index (χ2v) is 7.16. The molecule has 7 heteroatoms. The lowest BCUT2D eigenvalue weighted by molar-refractivity contribution is 0.0600. The Balaban J connectivity index is 1.86. The molecule has 1 aromatic heterocycles. The van der Waals surface area contributed by atoms with Crippen LogP contribution in [-0.4, -0.2) is 29.3 Å². The summed E-state index contributed by atoms with van der Waals surface area (Å²) in [6, 6.07) is 19.6. The summed E-state index contributed by atoms with van der Waals surface area (Å²) in [6.45, 7) is 0.297. The zero-order chi connectivity index (χ0) is 21.3.